The highest BCUT2D eigenvalue weighted by atomic mass is 16.6. The van der Waals surface area contributed by atoms with Crippen molar-refractivity contribution in [1.29, 1.82) is 0 Å². The average molecular weight is 246 g/mol. The molecule has 1 aromatic carbocycles. The molecule has 3 rings (SSSR count). The molecule has 0 saturated carbocycles. The van der Waals surface area contributed by atoms with E-state index >= 15 is 0 Å². The lowest BCUT2D eigenvalue weighted by Crippen LogP contribution is -2.15. The number of rotatable bonds is 2. The number of aliphatic hydroxyl groups excluding tert-OH is 1. The SMILES string of the molecule is Cc1ccoc1C(O)c1ccc2c(c1)OCCO2. The summed E-state index contributed by atoms with van der Waals surface area (Å²) in [5, 5.41) is 10.3. The minimum Gasteiger partial charge on any atom is -0.486 e. The van der Waals surface area contributed by atoms with Crippen LogP contribution in [0.3, 0.4) is 0 Å². The summed E-state index contributed by atoms with van der Waals surface area (Å²) in [7, 11) is 0. The fourth-order valence-corrected chi connectivity index (χ4v) is 2.05. The van der Waals surface area contributed by atoms with Crippen molar-refractivity contribution in [3.05, 3.63) is 47.4 Å². The Morgan fingerprint density at radius 3 is 2.61 bits per heavy atom. The third kappa shape index (κ3) is 1.84. The Morgan fingerprint density at radius 2 is 1.89 bits per heavy atom. The third-order valence-electron chi connectivity index (χ3n) is 3.03. The van der Waals surface area contributed by atoms with E-state index in [0.29, 0.717) is 30.5 Å². The second-order valence-corrected chi connectivity index (χ2v) is 4.27. The van der Waals surface area contributed by atoms with Crippen molar-refractivity contribution >= 4 is 0 Å². The lowest BCUT2D eigenvalue weighted by molar-refractivity contribution is 0.167. The summed E-state index contributed by atoms with van der Waals surface area (Å²) in [5.74, 6) is 1.95. The molecule has 1 unspecified atom stereocenters. The Hall–Kier alpha value is -1.94. The van der Waals surface area contributed by atoms with Gasteiger partial charge in [-0.2, -0.15) is 0 Å². The zero-order valence-corrected chi connectivity index (χ0v) is 10.1. The van der Waals surface area contributed by atoms with E-state index < -0.39 is 6.10 Å². The van der Waals surface area contributed by atoms with E-state index in [0.717, 1.165) is 11.1 Å². The molecule has 0 amide bonds. The number of aliphatic hydroxyl groups is 1. The summed E-state index contributed by atoms with van der Waals surface area (Å²) in [6.07, 6.45) is 0.794. The van der Waals surface area contributed by atoms with Crippen LogP contribution in [-0.2, 0) is 0 Å². The number of furan rings is 1. The molecule has 0 aliphatic carbocycles. The molecule has 1 aliphatic heterocycles. The third-order valence-corrected chi connectivity index (χ3v) is 3.03. The van der Waals surface area contributed by atoms with E-state index in [-0.39, 0.29) is 0 Å². The second kappa shape index (κ2) is 4.38. The standard InChI is InChI=1S/C14H14O4/c1-9-4-5-18-14(9)13(15)10-2-3-11-12(8-10)17-7-6-16-11/h2-5,8,13,15H,6-7H2,1H3. The second-order valence-electron chi connectivity index (χ2n) is 4.27. The zero-order chi connectivity index (χ0) is 12.5. The first-order valence-electron chi connectivity index (χ1n) is 5.87. The van der Waals surface area contributed by atoms with Gasteiger partial charge in [-0.3, -0.25) is 0 Å². The van der Waals surface area contributed by atoms with Gasteiger partial charge >= 0.3 is 0 Å². The van der Waals surface area contributed by atoms with Crippen LogP contribution in [0.25, 0.3) is 0 Å². The van der Waals surface area contributed by atoms with Crippen LogP contribution in [0.4, 0.5) is 0 Å². The fraction of sp³-hybridized carbons (Fsp3) is 0.286. The van der Waals surface area contributed by atoms with Gasteiger partial charge in [0.15, 0.2) is 11.5 Å². The average Bonchev–Trinajstić information content (AvgIpc) is 2.83. The monoisotopic (exact) mass is 246 g/mol. The van der Waals surface area contributed by atoms with Gasteiger partial charge in [0.2, 0.25) is 0 Å². The lowest BCUT2D eigenvalue weighted by atomic mass is 10.0. The molecule has 4 nitrogen and oxygen atoms in total. The first-order chi connectivity index (χ1) is 8.75. The first-order valence-corrected chi connectivity index (χ1v) is 5.87. The summed E-state index contributed by atoms with van der Waals surface area (Å²) in [6.45, 7) is 3.00. The van der Waals surface area contributed by atoms with Crippen LogP contribution in [0, 0.1) is 6.92 Å². The predicted octanol–water partition coefficient (Wildman–Crippen LogP) is 2.44. The molecule has 18 heavy (non-hydrogen) atoms. The highest BCUT2D eigenvalue weighted by Gasteiger charge is 2.19. The van der Waals surface area contributed by atoms with E-state index in [9.17, 15) is 5.11 Å². The van der Waals surface area contributed by atoms with Gasteiger partial charge in [-0.15, -0.1) is 0 Å². The van der Waals surface area contributed by atoms with E-state index in [1.807, 2.05) is 25.1 Å². The minimum absolute atomic E-state index is 0.534. The number of benzene rings is 1. The predicted molar refractivity (Wildman–Crippen MR) is 64.9 cm³/mol. The molecule has 1 atom stereocenters. The maximum Gasteiger partial charge on any atom is 0.161 e. The maximum atomic E-state index is 10.3. The van der Waals surface area contributed by atoms with Crippen LogP contribution >= 0.6 is 0 Å². The maximum absolute atomic E-state index is 10.3. The topological polar surface area (TPSA) is 51.8 Å². The minimum atomic E-state index is -0.782. The van der Waals surface area contributed by atoms with Crippen molar-refractivity contribution in [1.82, 2.24) is 0 Å². The van der Waals surface area contributed by atoms with Gasteiger partial charge in [-0.25, -0.2) is 0 Å². The number of hydrogen-bond acceptors (Lipinski definition) is 4. The van der Waals surface area contributed by atoms with Gasteiger partial charge in [0.05, 0.1) is 6.26 Å². The molecular weight excluding hydrogens is 232 g/mol. The van der Waals surface area contributed by atoms with Gasteiger partial charge in [0, 0.05) is 0 Å². The van der Waals surface area contributed by atoms with Crippen molar-refractivity contribution in [2.75, 3.05) is 13.2 Å². The molecule has 0 spiro atoms. The molecule has 2 aromatic rings. The normalized spacial score (nSPS) is 15.4. The van der Waals surface area contributed by atoms with Crippen molar-refractivity contribution in [2.24, 2.45) is 0 Å². The number of ether oxygens (including phenoxy) is 2. The molecule has 1 aromatic heterocycles. The summed E-state index contributed by atoms with van der Waals surface area (Å²) < 4.78 is 16.2. The Morgan fingerprint density at radius 1 is 1.11 bits per heavy atom. The van der Waals surface area contributed by atoms with Crippen molar-refractivity contribution in [3.8, 4) is 11.5 Å². The molecule has 1 aliphatic rings. The van der Waals surface area contributed by atoms with Gasteiger partial charge < -0.3 is 19.0 Å². The van der Waals surface area contributed by atoms with E-state index in [1.165, 1.54) is 0 Å². The Bertz CT molecular complexity index is 559. The van der Waals surface area contributed by atoms with Crippen LogP contribution in [-0.4, -0.2) is 18.3 Å². The largest absolute Gasteiger partial charge is 0.486 e. The van der Waals surface area contributed by atoms with Gasteiger partial charge in [0.1, 0.15) is 25.1 Å². The van der Waals surface area contributed by atoms with E-state index in [4.69, 9.17) is 13.9 Å². The Labute approximate surface area is 105 Å². The summed E-state index contributed by atoms with van der Waals surface area (Å²) in [5.41, 5.74) is 1.66. The smallest absolute Gasteiger partial charge is 0.161 e. The Kier molecular flexibility index (Phi) is 2.72. The molecule has 0 bridgehead atoms. The molecular formula is C14H14O4. The quantitative estimate of drug-likeness (QED) is 0.884. The molecule has 0 radical (unpaired) electrons. The van der Waals surface area contributed by atoms with Gasteiger partial charge in [-0.05, 0) is 36.2 Å². The van der Waals surface area contributed by atoms with Crippen molar-refractivity contribution in [2.45, 2.75) is 13.0 Å². The van der Waals surface area contributed by atoms with Crippen molar-refractivity contribution < 1.29 is 19.0 Å². The molecule has 4 heteroatoms. The summed E-state index contributed by atoms with van der Waals surface area (Å²) in [6, 6.07) is 7.25. The van der Waals surface area contributed by atoms with E-state index in [1.54, 1.807) is 12.3 Å². The highest BCUT2D eigenvalue weighted by molar-refractivity contribution is 5.45. The van der Waals surface area contributed by atoms with E-state index in [2.05, 4.69) is 0 Å². The number of aryl methyl sites for hydroxylation is 1. The zero-order valence-electron chi connectivity index (χ0n) is 10.1. The number of fused-ring (bicyclic) bond motifs is 1. The van der Waals surface area contributed by atoms with Crippen LogP contribution < -0.4 is 9.47 Å². The van der Waals surface area contributed by atoms with Gasteiger partial charge in [0.25, 0.3) is 0 Å². The summed E-state index contributed by atoms with van der Waals surface area (Å²) in [4.78, 5) is 0. The molecule has 2 heterocycles. The van der Waals surface area contributed by atoms with Crippen LogP contribution in [0.1, 0.15) is 23.0 Å². The number of hydrogen-bond donors (Lipinski definition) is 1. The molecule has 0 saturated heterocycles. The highest BCUT2D eigenvalue weighted by Crippen LogP contribution is 2.34. The van der Waals surface area contributed by atoms with Crippen molar-refractivity contribution in [3.63, 3.8) is 0 Å². The molecule has 94 valence electrons. The van der Waals surface area contributed by atoms with Crippen LogP contribution in [0.15, 0.2) is 34.9 Å². The first kappa shape index (κ1) is 11.2. The van der Waals surface area contributed by atoms with Crippen LogP contribution in [0.5, 0.6) is 11.5 Å². The summed E-state index contributed by atoms with van der Waals surface area (Å²) >= 11 is 0. The van der Waals surface area contributed by atoms with Crippen LogP contribution in [0.2, 0.25) is 0 Å². The lowest BCUT2D eigenvalue weighted by Gasteiger charge is -2.20. The van der Waals surface area contributed by atoms with Gasteiger partial charge in [-0.1, -0.05) is 6.07 Å². The molecule has 0 fully saturated rings. The Balaban J connectivity index is 1.95. The molecule has 1 N–H and O–H groups in total. The fourth-order valence-electron chi connectivity index (χ4n) is 2.05.